The van der Waals surface area contributed by atoms with E-state index in [-0.39, 0.29) is 18.3 Å². The first-order valence-electron chi connectivity index (χ1n) is 8.93. The van der Waals surface area contributed by atoms with E-state index in [2.05, 4.69) is 5.32 Å². The number of ether oxygens (including phenoxy) is 1. The fourth-order valence-electron chi connectivity index (χ4n) is 2.65. The number of anilines is 2. The minimum Gasteiger partial charge on any atom is -0.484 e. The van der Waals surface area contributed by atoms with E-state index in [9.17, 15) is 9.59 Å². The van der Waals surface area contributed by atoms with Gasteiger partial charge in [-0.3, -0.25) is 9.59 Å². The van der Waals surface area contributed by atoms with Gasteiger partial charge in [0.25, 0.3) is 5.91 Å². The molecule has 0 aliphatic heterocycles. The Hall–Kier alpha value is -3.60. The lowest BCUT2D eigenvalue weighted by molar-refractivity contribution is -0.118. The Balaban J connectivity index is 1.53. The molecule has 0 aliphatic carbocycles. The zero-order valence-electron chi connectivity index (χ0n) is 15.9. The smallest absolute Gasteiger partial charge is 0.262 e. The van der Waals surface area contributed by atoms with Crippen LogP contribution in [0.15, 0.2) is 78.9 Å². The number of hydrogen-bond acceptors (Lipinski definition) is 4. The van der Waals surface area contributed by atoms with Gasteiger partial charge in [0.05, 0.1) is 0 Å². The maximum Gasteiger partial charge on any atom is 0.262 e. The third-order valence-electron chi connectivity index (χ3n) is 4.19. The van der Waals surface area contributed by atoms with Crippen molar-refractivity contribution in [1.29, 1.82) is 0 Å². The van der Waals surface area contributed by atoms with Crippen LogP contribution in [-0.4, -0.2) is 32.4 Å². The summed E-state index contributed by atoms with van der Waals surface area (Å²) in [6.45, 7) is -0.110. The molecule has 5 nitrogen and oxygen atoms in total. The highest BCUT2D eigenvalue weighted by atomic mass is 16.5. The summed E-state index contributed by atoms with van der Waals surface area (Å²) >= 11 is 0. The summed E-state index contributed by atoms with van der Waals surface area (Å²) < 4.78 is 5.51. The van der Waals surface area contributed by atoms with Gasteiger partial charge in [0, 0.05) is 36.6 Å². The van der Waals surface area contributed by atoms with Crippen molar-refractivity contribution in [2.45, 2.75) is 0 Å². The Morgan fingerprint density at radius 1 is 0.821 bits per heavy atom. The molecule has 0 bridgehead atoms. The molecule has 0 heterocycles. The number of hydrogen-bond donors (Lipinski definition) is 1. The summed E-state index contributed by atoms with van der Waals surface area (Å²) in [4.78, 5) is 26.4. The van der Waals surface area contributed by atoms with Gasteiger partial charge < -0.3 is 15.0 Å². The van der Waals surface area contributed by atoms with Gasteiger partial charge in [-0.05, 0) is 48.5 Å². The first-order valence-corrected chi connectivity index (χ1v) is 8.93. The van der Waals surface area contributed by atoms with E-state index in [1.165, 1.54) is 0 Å². The van der Waals surface area contributed by atoms with Crippen molar-refractivity contribution in [1.82, 2.24) is 0 Å². The van der Waals surface area contributed by atoms with Crippen LogP contribution in [0.2, 0.25) is 0 Å². The van der Waals surface area contributed by atoms with E-state index in [1.807, 2.05) is 61.5 Å². The Labute approximate surface area is 164 Å². The van der Waals surface area contributed by atoms with Gasteiger partial charge in [-0.15, -0.1) is 0 Å². The molecule has 0 radical (unpaired) electrons. The number of amides is 1. The van der Waals surface area contributed by atoms with E-state index < -0.39 is 0 Å². The van der Waals surface area contributed by atoms with E-state index >= 15 is 0 Å². The zero-order valence-corrected chi connectivity index (χ0v) is 15.9. The van der Waals surface area contributed by atoms with Crippen LogP contribution in [0.1, 0.15) is 15.9 Å². The molecule has 0 unspecified atom stereocenters. The monoisotopic (exact) mass is 374 g/mol. The second kappa shape index (κ2) is 8.86. The zero-order chi connectivity index (χ0) is 19.9. The summed E-state index contributed by atoms with van der Waals surface area (Å²) in [7, 11) is 3.92. The average molecular weight is 374 g/mol. The van der Waals surface area contributed by atoms with Crippen LogP contribution >= 0.6 is 0 Å². The van der Waals surface area contributed by atoms with Gasteiger partial charge in [0.1, 0.15) is 5.75 Å². The maximum atomic E-state index is 12.4. The lowest BCUT2D eigenvalue weighted by Crippen LogP contribution is -2.20. The van der Waals surface area contributed by atoms with Crippen LogP contribution in [0.5, 0.6) is 5.75 Å². The van der Waals surface area contributed by atoms with Crippen LogP contribution in [-0.2, 0) is 4.79 Å². The molecule has 0 aromatic heterocycles. The Morgan fingerprint density at radius 3 is 2.04 bits per heavy atom. The van der Waals surface area contributed by atoms with Gasteiger partial charge in [-0.1, -0.05) is 30.3 Å². The molecule has 0 atom stereocenters. The summed E-state index contributed by atoms with van der Waals surface area (Å²) in [5, 5.41) is 2.79. The lowest BCUT2D eigenvalue weighted by atomic mass is 10.0. The SMILES string of the molecule is CN(C)c1ccc(NC(=O)COc2ccc(C(=O)c3ccccc3)cc2)cc1. The third kappa shape index (κ3) is 4.98. The van der Waals surface area contributed by atoms with Crippen molar-refractivity contribution in [3.05, 3.63) is 90.0 Å². The highest BCUT2D eigenvalue weighted by Gasteiger charge is 2.09. The fraction of sp³-hybridized carbons (Fsp3) is 0.130. The van der Waals surface area contributed by atoms with Crippen molar-refractivity contribution in [3.63, 3.8) is 0 Å². The molecular weight excluding hydrogens is 352 g/mol. The summed E-state index contributed by atoms with van der Waals surface area (Å²) in [5.74, 6) is 0.232. The topological polar surface area (TPSA) is 58.6 Å². The summed E-state index contributed by atoms with van der Waals surface area (Å²) in [6, 6.07) is 23.4. The number of carbonyl (C=O) groups is 2. The Kier molecular flexibility index (Phi) is 6.07. The molecule has 0 aliphatic rings. The van der Waals surface area contributed by atoms with E-state index in [4.69, 9.17) is 4.74 Å². The Bertz CT molecular complexity index is 934. The summed E-state index contributed by atoms with van der Waals surface area (Å²) in [6.07, 6.45) is 0. The van der Waals surface area contributed by atoms with Crippen LogP contribution in [0.25, 0.3) is 0 Å². The second-order valence-corrected chi connectivity index (χ2v) is 6.50. The lowest BCUT2D eigenvalue weighted by Gasteiger charge is -2.13. The van der Waals surface area contributed by atoms with Crippen molar-refractivity contribution >= 4 is 23.1 Å². The maximum absolute atomic E-state index is 12.4. The molecule has 0 spiro atoms. The molecule has 3 aromatic rings. The van der Waals surface area contributed by atoms with Crippen molar-refractivity contribution < 1.29 is 14.3 Å². The molecule has 1 N–H and O–H groups in total. The first-order chi connectivity index (χ1) is 13.5. The minimum absolute atomic E-state index is 0.0499. The van der Waals surface area contributed by atoms with Crippen molar-refractivity contribution in [2.24, 2.45) is 0 Å². The van der Waals surface area contributed by atoms with E-state index in [0.29, 0.717) is 22.6 Å². The molecule has 1 amide bonds. The number of ketones is 1. The highest BCUT2D eigenvalue weighted by Crippen LogP contribution is 2.17. The number of benzene rings is 3. The molecule has 3 rings (SSSR count). The highest BCUT2D eigenvalue weighted by molar-refractivity contribution is 6.09. The normalized spacial score (nSPS) is 10.2. The molecule has 0 fully saturated rings. The van der Waals surface area contributed by atoms with Crippen LogP contribution in [0.3, 0.4) is 0 Å². The number of nitrogens with zero attached hydrogens (tertiary/aromatic N) is 1. The standard InChI is InChI=1S/C23H22N2O3/c1-25(2)20-12-10-19(11-13-20)24-22(26)16-28-21-14-8-18(9-15-21)23(27)17-6-4-3-5-7-17/h3-15H,16H2,1-2H3,(H,24,26). The third-order valence-corrected chi connectivity index (χ3v) is 4.19. The number of nitrogens with one attached hydrogen (secondary N) is 1. The quantitative estimate of drug-likeness (QED) is 0.635. The molecule has 0 saturated heterocycles. The van der Waals surface area contributed by atoms with E-state index in [1.54, 1.807) is 36.4 Å². The fourth-order valence-corrected chi connectivity index (χ4v) is 2.65. The van der Waals surface area contributed by atoms with Gasteiger partial charge in [0.15, 0.2) is 12.4 Å². The Morgan fingerprint density at radius 2 is 1.43 bits per heavy atom. The van der Waals surface area contributed by atoms with Crippen molar-refractivity contribution in [3.8, 4) is 5.75 Å². The second-order valence-electron chi connectivity index (χ2n) is 6.50. The van der Waals surface area contributed by atoms with Crippen LogP contribution in [0.4, 0.5) is 11.4 Å². The molecule has 5 heteroatoms. The molecule has 142 valence electrons. The molecule has 28 heavy (non-hydrogen) atoms. The van der Waals surface area contributed by atoms with Crippen molar-refractivity contribution in [2.75, 3.05) is 30.9 Å². The van der Waals surface area contributed by atoms with Gasteiger partial charge in [-0.2, -0.15) is 0 Å². The predicted octanol–water partition coefficient (Wildman–Crippen LogP) is 4.00. The number of carbonyl (C=O) groups excluding carboxylic acids is 2. The van der Waals surface area contributed by atoms with Crippen LogP contribution in [0, 0.1) is 0 Å². The summed E-state index contributed by atoms with van der Waals surface area (Å²) in [5.41, 5.74) is 2.97. The predicted molar refractivity (Wildman–Crippen MR) is 111 cm³/mol. The van der Waals surface area contributed by atoms with Gasteiger partial charge >= 0.3 is 0 Å². The first kappa shape index (κ1) is 19.2. The van der Waals surface area contributed by atoms with E-state index in [0.717, 1.165) is 5.69 Å². The molecular formula is C23H22N2O3. The van der Waals surface area contributed by atoms with Crippen LogP contribution < -0.4 is 15.0 Å². The number of rotatable bonds is 7. The average Bonchev–Trinajstić information content (AvgIpc) is 2.73. The molecule has 3 aromatic carbocycles. The van der Waals surface area contributed by atoms with Gasteiger partial charge in [-0.25, -0.2) is 0 Å². The minimum atomic E-state index is -0.248. The largest absolute Gasteiger partial charge is 0.484 e. The van der Waals surface area contributed by atoms with Gasteiger partial charge in [0.2, 0.25) is 0 Å². The molecule has 0 saturated carbocycles.